The number of hydrogen-bond acceptors (Lipinski definition) is 4. The van der Waals surface area contributed by atoms with Crippen LogP contribution in [0.15, 0.2) is 24.4 Å². The lowest BCUT2D eigenvalue weighted by atomic mass is 10.3. The lowest BCUT2D eigenvalue weighted by molar-refractivity contribution is 0.496. The van der Waals surface area contributed by atoms with Crippen LogP contribution >= 0.6 is 0 Å². The van der Waals surface area contributed by atoms with Crippen molar-refractivity contribution in [1.29, 1.82) is 0 Å². The van der Waals surface area contributed by atoms with E-state index in [-0.39, 0.29) is 0 Å². The molecule has 0 spiro atoms. The van der Waals surface area contributed by atoms with E-state index >= 15 is 0 Å². The van der Waals surface area contributed by atoms with Gasteiger partial charge in [-0.1, -0.05) is 19.4 Å². The first kappa shape index (κ1) is 9.76. The number of nitrogens with zero attached hydrogens (tertiary/aromatic N) is 5. The largest absolute Gasteiger partial charge is 0.253 e. The highest BCUT2D eigenvalue weighted by Crippen LogP contribution is 2.08. The molecule has 5 nitrogen and oxygen atoms in total. The molecule has 0 bridgehead atoms. The van der Waals surface area contributed by atoms with Crippen LogP contribution in [0.1, 0.15) is 19.8 Å². The molecule has 0 amide bonds. The van der Waals surface area contributed by atoms with E-state index in [9.17, 15) is 0 Å². The third kappa shape index (κ3) is 2.37. The van der Waals surface area contributed by atoms with Gasteiger partial charge in [0.15, 0.2) is 0 Å². The van der Waals surface area contributed by atoms with Crippen LogP contribution in [0.2, 0.25) is 0 Å². The predicted molar refractivity (Wildman–Crippen MR) is 56.0 cm³/mol. The van der Waals surface area contributed by atoms with E-state index in [0.717, 1.165) is 25.1 Å². The van der Waals surface area contributed by atoms with Crippen LogP contribution in [0.25, 0.3) is 11.5 Å². The van der Waals surface area contributed by atoms with E-state index in [1.807, 2.05) is 18.2 Å². The van der Waals surface area contributed by atoms with Gasteiger partial charge in [-0.15, -0.1) is 10.2 Å². The molecule has 0 saturated heterocycles. The van der Waals surface area contributed by atoms with E-state index in [4.69, 9.17) is 0 Å². The van der Waals surface area contributed by atoms with Gasteiger partial charge in [0.1, 0.15) is 5.69 Å². The van der Waals surface area contributed by atoms with Crippen molar-refractivity contribution in [2.45, 2.75) is 26.3 Å². The lowest BCUT2D eigenvalue weighted by Crippen LogP contribution is -2.02. The highest BCUT2D eigenvalue weighted by atomic mass is 15.6. The summed E-state index contributed by atoms with van der Waals surface area (Å²) in [6.07, 6.45) is 3.92. The Morgan fingerprint density at radius 1 is 1.33 bits per heavy atom. The van der Waals surface area contributed by atoms with Crippen molar-refractivity contribution < 1.29 is 0 Å². The highest BCUT2D eigenvalue weighted by molar-refractivity contribution is 5.46. The average Bonchev–Trinajstić information content (AvgIpc) is 2.76. The summed E-state index contributed by atoms with van der Waals surface area (Å²) in [6.45, 7) is 2.95. The van der Waals surface area contributed by atoms with Gasteiger partial charge in [0, 0.05) is 6.20 Å². The Balaban J connectivity index is 2.14. The van der Waals surface area contributed by atoms with E-state index in [1.54, 1.807) is 11.0 Å². The second kappa shape index (κ2) is 4.63. The Labute approximate surface area is 88.2 Å². The van der Waals surface area contributed by atoms with Crippen LogP contribution < -0.4 is 0 Å². The van der Waals surface area contributed by atoms with Crippen molar-refractivity contribution in [2.24, 2.45) is 0 Å². The number of tetrazole rings is 1. The highest BCUT2D eigenvalue weighted by Gasteiger charge is 2.05. The number of aromatic nitrogens is 5. The quantitative estimate of drug-likeness (QED) is 0.756. The molecule has 2 aromatic heterocycles. The molecule has 0 fully saturated rings. The number of rotatable bonds is 4. The van der Waals surface area contributed by atoms with E-state index in [1.165, 1.54) is 0 Å². The van der Waals surface area contributed by atoms with Gasteiger partial charge in [0.05, 0.1) is 6.54 Å². The molecule has 0 atom stereocenters. The summed E-state index contributed by atoms with van der Waals surface area (Å²) in [5.41, 5.74) is 0.764. The fourth-order valence-corrected chi connectivity index (χ4v) is 1.24. The zero-order chi connectivity index (χ0) is 10.5. The minimum Gasteiger partial charge on any atom is -0.253 e. The van der Waals surface area contributed by atoms with Gasteiger partial charge < -0.3 is 0 Å². The summed E-state index contributed by atoms with van der Waals surface area (Å²) in [5, 5.41) is 12.2. The third-order valence-electron chi connectivity index (χ3n) is 2.06. The van der Waals surface area contributed by atoms with Crippen LogP contribution in [0.3, 0.4) is 0 Å². The van der Waals surface area contributed by atoms with E-state index in [2.05, 4.69) is 27.3 Å². The minimum absolute atomic E-state index is 0.590. The van der Waals surface area contributed by atoms with Crippen LogP contribution in [0.5, 0.6) is 0 Å². The number of aryl methyl sites for hydroxylation is 1. The smallest absolute Gasteiger partial charge is 0.223 e. The van der Waals surface area contributed by atoms with Crippen LogP contribution in [-0.2, 0) is 6.54 Å². The molecule has 0 aromatic carbocycles. The van der Waals surface area contributed by atoms with Crippen molar-refractivity contribution in [3.05, 3.63) is 24.4 Å². The molecular weight excluding hydrogens is 190 g/mol. The summed E-state index contributed by atoms with van der Waals surface area (Å²) in [5.74, 6) is 0.590. The summed E-state index contributed by atoms with van der Waals surface area (Å²) in [4.78, 5) is 5.78. The summed E-state index contributed by atoms with van der Waals surface area (Å²) in [7, 11) is 0. The monoisotopic (exact) mass is 203 g/mol. The number of unbranched alkanes of at least 4 members (excludes halogenated alkanes) is 1. The maximum absolute atomic E-state index is 4.25. The van der Waals surface area contributed by atoms with Gasteiger partial charge in [0.2, 0.25) is 5.82 Å². The molecule has 0 aliphatic rings. The van der Waals surface area contributed by atoms with Gasteiger partial charge in [-0.3, -0.25) is 4.98 Å². The SMILES string of the molecule is CCCCn1nnc(-c2ccccn2)n1. The minimum atomic E-state index is 0.590. The Hall–Kier alpha value is -1.78. The normalized spacial score (nSPS) is 10.5. The van der Waals surface area contributed by atoms with Gasteiger partial charge in [-0.05, 0) is 23.8 Å². The summed E-state index contributed by atoms with van der Waals surface area (Å²) in [6, 6.07) is 5.65. The molecular formula is C10H13N5. The molecule has 15 heavy (non-hydrogen) atoms. The molecule has 2 heterocycles. The van der Waals surface area contributed by atoms with Crippen molar-refractivity contribution in [3.8, 4) is 11.5 Å². The molecule has 0 N–H and O–H groups in total. The van der Waals surface area contributed by atoms with Crippen LogP contribution in [0.4, 0.5) is 0 Å². The van der Waals surface area contributed by atoms with Gasteiger partial charge in [-0.25, -0.2) is 0 Å². The molecule has 78 valence electrons. The van der Waals surface area contributed by atoms with Crippen molar-refractivity contribution in [2.75, 3.05) is 0 Å². The first-order valence-corrected chi connectivity index (χ1v) is 5.09. The molecule has 0 aliphatic carbocycles. The molecule has 0 aliphatic heterocycles. The number of pyridine rings is 1. The fourth-order valence-electron chi connectivity index (χ4n) is 1.24. The zero-order valence-corrected chi connectivity index (χ0v) is 8.67. The Bertz CT molecular complexity index is 409. The Morgan fingerprint density at radius 3 is 3.00 bits per heavy atom. The maximum atomic E-state index is 4.25. The zero-order valence-electron chi connectivity index (χ0n) is 8.67. The first-order valence-electron chi connectivity index (χ1n) is 5.09. The molecule has 2 rings (SSSR count). The number of hydrogen-bond donors (Lipinski definition) is 0. The summed E-state index contributed by atoms with van der Waals surface area (Å²) >= 11 is 0. The van der Waals surface area contributed by atoms with Crippen molar-refractivity contribution in [1.82, 2.24) is 25.2 Å². The second-order valence-electron chi connectivity index (χ2n) is 3.28. The third-order valence-corrected chi connectivity index (χ3v) is 2.06. The topological polar surface area (TPSA) is 56.5 Å². The van der Waals surface area contributed by atoms with Gasteiger partial charge in [-0.2, -0.15) is 4.80 Å². The molecule has 5 heteroatoms. The van der Waals surface area contributed by atoms with Gasteiger partial charge >= 0.3 is 0 Å². The van der Waals surface area contributed by atoms with Crippen molar-refractivity contribution >= 4 is 0 Å². The Morgan fingerprint density at radius 2 is 2.27 bits per heavy atom. The van der Waals surface area contributed by atoms with E-state index < -0.39 is 0 Å². The lowest BCUT2D eigenvalue weighted by Gasteiger charge is -1.94. The standard InChI is InChI=1S/C10H13N5/c1-2-3-8-15-13-10(12-14-15)9-6-4-5-7-11-9/h4-7H,2-3,8H2,1H3. The predicted octanol–water partition coefficient (Wildman–Crippen LogP) is 1.54. The maximum Gasteiger partial charge on any atom is 0.223 e. The first-order chi connectivity index (χ1) is 7.40. The molecule has 2 aromatic rings. The fraction of sp³-hybridized carbons (Fsp3) is 0.400. The average molecular weight is 203 g/mol. The summed E-state index contributed by atoms with van der Waals surface area (Å²) < 4.78 is 0. The molecule has 0 radical (unpaired) electrons. The van der Waals surface area contributed by atoms with Gasteiger partial charge in [0.25, 0.3) is 0 Å². The van der Waals surface area contributed by atoms with E-state index in [0.29, 0.717) is 5.82 Å². The van der Waals surface area contributed by atoms with Crippen LogP contribution in [-0.4, -0.2) is 25.2 Å². The molecule has 0 saturated carbocycles. The Kier molecular flexibility index (Phi) is 3.02. The van der Waals surface area contributed by atoms with Crippen molar-refractivity contribution in [3.63, 3.8) is 0 Å². The molecule has 0 unspecified atom stereocenters. The second-order valence-corrected chi connectivity index (χ2v) is 3.28. The van der Waals surface area contributed by atoms with Crippen LogP contribution in [0, 0.1) is 0 Å².